The van der Waals surface area contributed by atoms with Crippen LogP contribution in [-0.4, -0.2) is 45.9 Å². The third kappa shape index (κ3) is 5.18. The van der Waals surface area contributed by atoms with E-state index < -0.39 is 40.8 Å². The molecular weight excluding hydrogens is 400 g/mol. The van der Waals surface area contributed by atoms with Gasteiger partial charge in [-0.15, -0.1) is 11.8 Å². The van der Waals surface area contributed by atoms with Gasteiger partial charge in [-0.3, -0.25) is 9.69 Å². The third-order valence-electron chi connectivity index (χ3n) is 4.71. The summed E-state index contributed by atoms with van der Waals surface area (Å²) in [6.45, 7) is 5.36. The number of thioether (sulfide) groups is 1. The fourth-order valence-electron chi connectivity index (χ4n) is 3.11. The predicted molar refractivity (Wildman–Crippen MR) is 103 cm³/mol. The highest BCUT2D eigenvalue weighted by Gasteiger charge is 2.49. The number of carbonyl (C=O) groups is 2. The molecule has 3 rings (SSSR count). The summed E-state index contributed by atoms with van der Waals surface area (Å²) in [6.07, 6.45) is 0.788. The van der Waals surface area contributed by atoms with E-state index in [2.05, 4.69) is 11.4 Å². The smallest absolute Gasteiger partial charge is 0.411 e. The molecule has 1 aliphatic carbocycles. The zero-order valence-electron chi connectivity index (χ0n) is 16.5. The maximum atomic E-state index is 14.0. The molecule has 1 aliphatic heterocycles. The molecule has 0 radical (unpaired) electrons. The van der Waals surface area contributed by atoms with Crippen LogP contribution in [0.1, 0.15) is 40.0 Å². The van der Waals surface area contributed by atoms with Gasteiger partial charge < -0.3 is 10.1 Å². The fraction of sp³-hybridized carbons (Fsp3) is 0.550. The number of amides is 2. The molecule has 1 heterocycles. The summed E-state index contributed by atoms with van der Waals surface area (Å²) in [5.41, 5.74) is -1.60. The monoisotopic (exact) mass is 423 g/mol. The first-order chi connectivity index (χ1) is 13.5. The number of hydrogen-bond donors (Lipinski definition) is 1. The summed E-state index contributed by atoms with van der Waals surface area (Å²) in [5, 5.41) is 11.7. The molecule has 1 aromatic rings. The Hall–Kier alpha value is -2.34. The number of likely N-dealkylation sites (tertiary alicyclic amines) is 1. The Morgan fingerprint density at radius 1 is 1.34 bits per heavy atom. The minimum atomic E-state index is -0.856. The Morgan fingerprint density at radius 2 is 2.03 bits per heavy atom. The average molecular weight is 423 g/mol. The number of ether oxygens (including phenoxy) is 1. The molecule has 1 N–H and O–H groups in total. The quantitative estimate of drug-likeness (QED) is 0.800. The first-order valence-electron chi connectivity index (χ1n) is 9.36. The van der Waals surface area contributed by atoms with E-state index in [4.69, 9.17) is 4.74 Å². The van der Waals surface area contributed by atoms with Crippen LogP contribution >= 0.6 is 11.8 Å². The Kier molecular flexibility index (Phi) is 5.77. The van der Waals surface area contributed by atoms with Crippen LogP contribution in [0.4, 0.5) is 13.6 Å². The fourth-order valence-corrected chi connectivity index (χ4v) is 4.30. The van der Waals surface area contributed by atoms with Crippen molar-refractivity contribution in [1.82, 2.24) is 10.2 Å². The molecule has 1 saturated carbocycles. The highest BCUT2D eigenvalue weighted by atomic mass is 32.2. The van der Waals surface area contributed by atoms with Crippen LogP contribution in [0.2, 0.25) is 0 Å². The lowest BCUT2D eigenvalue weighted by Crippen LogP contribution is -2.50. The lowest BCUT2D eigenvalue weighted by atomic mass is 10.2. The second-order valence-electron chi connectivity index (χ2n) is 8.38. The Balaban J connectivity index is 1.76. The van der Waals surface area contributed by atoms with E-state index in [1.807, 2.05) is 0 Å². The summed E-state index contributed by atoms with van der Waals surface area (Å²) in [4.78, 5) is 27.0. The predicted octanol–water partition coefficient (Wildman–Crippen LogP) is 3.61. The number of carbonyl (C=O) groups excluding carboxylic acids is 2. The summed E-state index contributed by atoms with van der Waals surface area (Å²) < 4.78 is 32.6. The van der Waals surface area contributed by atoms with Gasteiger partial charge in [0.15, 0.2) is 0 Å². The topological polar surface area (TPSA) is 82.4 Å². The zero-order valence-corrected chi connectivity index (χ0v) is 17.3. The zero-order chi connectivity index (χ0) is 21.4. The summed E-state index contributed by atoms with van der Waals surface area (Å²) >= 11 is 1.15. The SMILES string of the molecule is CC(C)(C)OC(=O)N1C[C@H](Sc2ccc(F)cc2F)C[C@H]1C(=O)NC1(C#N)CC1. The summed E-state index contributed by atoms with van der Waals surface area (Å²) in [6, 6.07) is 4.59. The Labute approximate surface area is 172 Å². The minimum absolute atomic E-state index is 0.175. The summed E-state index contributed by atoms with van der Waals surface area (Å²) in [7, 11) is 0. The van der Waals surface area contributed by atoms with Gasteiger partial charge in [-0.25, -0.2) is 13.6 Å². The normalized spacial score (nSPS) is 22.7. The van der Waals surface area contributed by atoms with Gasteiger partial charge in [0.1, 0.15) is 28.8 Å². The number of benzene rings is 1. The van der Waals surface area contributed by atoms with Crippen molar-refractivity contribution < 1.29 is 23.1 Å². The summed E-state index contributed by atoms with van der Waals surface area (Å²) in [5.74, 6) is -1.78. The maximum Gasteiger partial charge on any atom is 0.411 e. The molecule has 1 saturated heterocycles. The first-order valence-corrected chi connectivity index (χ1v) is 10.2. The van der Waals surface area contributed by atoms with Gasteiger partial charge >= 0.3 is 6.09 Å². The molecule has 0 bridgehead atoms. The van der Waals surface area contributed by atoms with Gasteiger partial charge in [-0.1, -0.05) is 0 Å². The molecular formula is C20H23F2N3O3S. The van der Waals surface area contributed by atoms with Crippen molar-refractivity contribution in [3.05, 3.63) is 29.8 Å². The van der Waals surface area contributed by atoms with Gasteiger partial charge in [-0.05, 0) is 52.2 Å². The van der Waals surface area contributed by atoms with Gasteiger partial charge in [0.2, 0.25) is 5.91 Å². The van der Waals surface area contributed by atoms with Crippen molar-refractivity contribution in [1.29, 1.82) is 5.26 Å². The number of nitrogens with zero attached hydrogens (tertiary/aromatic N) is 2. The van der Waals surface area contributed by atoms with Crippen molar-refractivity contribution in [2.75, 3.05) is 6.54 Å². The van der Waals surface area contributed by atoms with Crippen LogP contribution in [0, 0.1) is 23.0 Å². The van der Waals surface area contributed by atoms with E-state index in [0.29, 0.717) is 12.8 Å². The van der Waals surface area contributed by atoms with E-state index in [1.54, 1.807) is 20.8 Å². The van der Waals surface area contributed by atoms with Gasteiger partial charge in [0.25, 0.3) is 0 Å². The molecule has 2 fully saturated rings. The number of hydrogen-bond acceptors (Lipinski definition) is 5. The standard InChI is InChI=1S/C20H23F2N3O3S/c1-19(2,3)28-18(27)25-10-13(29-16-5-4-12(21)8-14(16)22)9-15(25)17(26)24-20(11-23)6-7-20/h4-5,8,13,15H,6-7,9-10H2,1-3H3,(H,24,26)/t13-,15+/m1/s1. The molecule has 1 aromatic carbocycles. The van der Waals surface area contributed by atoms with Crippen LogP contribution in [0.5, 0.6) is 0 Å². The van der Waals surface area contributed by atoms with Gasteiger partial charge in [-0.2, -0.15) is 5.26 Å². The van der Waals surface area contributed by atoms with Crippen LogP contribution < -0.4 is 5.32 Å². The number of nitriles is 1. The van der Waals surface area contributed by atoms with Crippen LogP contribution in [0.3, 0.4) is 0 Å². The van der Waals surface area contributed by atoms with Crippen molar-refractivity contribution in [2.24, 2.45) is 0 Å². The molecule has 2 atom stereocenters. The molecule has 9 heteroatoms. The van der Waals surface area contributed by atoms with Crippen LogP contribution in [0.15, 0.2) is 23.1 Å². The average Bonchev–Trinajstić information content (AvgIpc) is 3.25. The van der Waals surface area contributed by atoms with Crippen LogP contribution in [-0.2, 0) is 9.53 Å². The lowest BCUT2D eigenvalue weighted by Gasteiger charge is -2.28. The third-order valence-corrected chi connectivity index (χ3v) is 5.97. The molecule has 0 unspecified atom stereocenters. The number of rotatable bonds is 4. The van der Waals surface area contributed by atoms with E-state index in [1.165, 1.54) is 17.0 Å². The van der Waals surface area contributed by atoms with E-state index in [-0.39, 0.29) is 23.1 Å². The highest BCUT2D eigenvalue weighted by molar-refractivity contribution is 8.00. The molecule has 6 nitrogen and oxygen atoms in total. The van der Waals surface area contributed by atoms with E-state index >= 15 is 0 Å². The molecule has 0 aromatic heterocycles. The minimum Gasteiger partial charge on any atom is -0.444 e. The van der Waals surface area contributed by atoms with Crippen LogP contribution in [0.25, 0.3) is 0 Å². The maximum absolute atomic E-state index is 14.0. The van der Waals surface area contributed by atoms with Gasteiger partial charge in [0.05, 0.1) is 6.07 Å². The van der Waals surface area contributed by atoms with Gasteiger partial charge in [0, 0.05) is 22.8 Å². The Bertz CT molecular complexity index is 862. The Morgan fingerprint density at radius 3 is 2.59 bits per heavy atom. The molecule has 0 spiro atoms. The van der Waals surface area contributed by atoms with Crippen molar-refractivity contribution in [2.45, 2.75) is 67.4 Å². The highest BCUT2D eigenvalue weighted by Crippen LogP contribution is 2.38. The molecule has 2 amide bonds. The molecule has 29 heavy (non-hydrogen) atoms. The van der Waals surface area contributed by atoms with E-state index in [9.17, 15) is 23.6 Å². The largest absolute Gasteiger partial charge is 0.444 e. The number of nitrogens with one attached hydrogen (secondary N) is 1. The molecule has 156 valence electrons. The van der Waals surface area contributed by atoms with Crippen molar-refractivity contribution >= 4 is 23.8 Å². The lowest BCUT2D eigenvalue weighted by molar-refractivity contribution is -0.126. The number of halogens is 2. The van der Waals surface area contributed by atoms with Crippen molar-refractivity contribution in [3.63, 3.8) is 0 Å². The first kappa shape index (κ1) is 21.4. The van der Waals surface area contributed by atoms with E-state index in [0.717, 1.165) is 17.8 Å². The molecule has 2 aliphatic rings. The second-order valence-corrected chi connectivity index (χ2v) is 9.72. The second kappa shape index (κ2) is 7.82. The van der Waals surface area contributed by atoms with Crippen molar-refractivity contribution in [3.8, 4) is 6.07 Å².